The summed E-state index contributed by atoms with van der Waals surface area (Å²) in [5.41, 5.74) is 5.45. The molecular weight excluding hydrogens is 330 g/mol. The quantitative estimate of drug-likeness (QED) is 0.662. The molecule has 0 amide bonds. The number of nitrogens with zero attached hydrogens (tertiary/aromatic N) is 1. The number of hydrogen-bond acceptors (Lipinski definition) is 2. The molecule has 0 bridgehead atoms. The van der Waals surface area contributed by atoms with Crippen LogP contribution in [0, 0.1) is 6.92 Å². The van der Waals surface area contributed by atoms with E-state index in [0.717, 1.165) is 12.0 Å². The Kier molecular flexibility index (Phi) is 4.41. The number of H-pyrrole nitrogens is 1. The van der Waals surface area contributed by atoms with Crippen molar-refractivity contribution in [3.8, 4) is 0 Å². The first-order valence-electron chi connectivity index (χ1n) is 10.4. The Labute approximate surface area is 161 Å². The predicted molar refractivity (Wildman–Crippen MR) is 113 cm³/mol. The number of aromatic amines is 1. The molecule has 0 unspecified atom stereocenters. The number of aryl methyl sites for hydroxylation is 1. The van der Waals surface area contributed by atoms with Crippen LogP contribution in [0.4, 0.5) is 5.69 Å². The van der Waals surface area contributed by atoms with Crippen LogP contribution in [0.5, 0.6) is 0 Å². The number of aromatic nitrogens is 1. The molecule has 3 aromatic rings. The molecule has 140 valence electrons. The molecule has 2 N–H and O–H groups in total. The van der Waals surface area contributed by atoms with E-state index in [-0.39, 0.29) is 0 Å². The van der Waals surface area contributed by atoms with Crippen molar-refractivity contribution < 1.29 is 0 Å². The maximum absolute atomic E-state index is 3.72. The molecular formula is C24H29N3. The molecule has 0 spiro atoms. The van der Waals surface area contributed by atoms with Gasteiger partial charge in [-0.2, -0.15) is 0 Å². The van der Waals surface area contributed by atoms with Crippen molar-refractivity contribution in [3.05, 3.63) is 65.9 Å². The van der Waals surface area contributed by atoms with Crippen molar-refractivity contribution >= 4 is 16.6 Å². The number of rotatable bonds is 4. The van der Waals surface area contributed by atoms with Gasteiger partial charge in [-0.1, -0.05) is 36.4 Å². The van der Waals surface area contributed by atoms with Gasteiger partial charge in [0.2, 0.25) is 0 Å². The van der Waals surface area contributed by atoms with Crippen LogP contribution < -0.4 is 5.32 Å². The topological polar surface area (TPSA) is 31.1 Å². The van der Waals surface area contributed by atoms with Crippen LogP contribution in [-0.4, -0.2) is 35.1 Å². The van der Waals surface area contributed by atoms with Crippen molar-refractivity contribution in [2.24, 2.45) is 0 Å². The third-order valence-corrected chi connectivity index (χ3v) is 6.69. The molecule has 1 aliphatic heterocycles. The highest BCUT2D eigenvalue weighted by Gasteiger charge is 2.35. The summed E-state index contributed by atoms with van der Waals surface area (Å²) in [4.78, 5) is 6.15. The van der Waals surface area contributed by atoms with Crippen LogP contribution in [0.2, 0.25) is 0 Å². The second kappa shape index (κ2) is 7.05. The number of likely N-dealkylation sites (tertiary alicyclic amines) is 1. The first-order valence-corrected chi connectivity index (χ1v) is 10.4. The number of hydrogen-bond donors (Lipinski definition) is 2. The molecule has 0 atom stereocenters. The average Bonchev–Trinajstić information content (AvgIpc) is 3.10. The van der Waals surface area contributed by atoms with E-state index in [4.69, 9.17) is 0 Å². The molecule has 1 aliphatic carbocycles. The Morgan fingerprint density at radius 2 is 1.67 bits per heavy atom. The molecule has 2 fully saturated rings. The highest BCUT2D eigenvalue weighted by molar-refractivity contribution is 5.83. The van der Waals surface area contributed by atoms with Gasteiger partial charge in [-0.3, -0.25) is 4.90 Å². The molecule has 2 aromatic carbocycles. The van der Waals surface area contributed by atoms with E-state index >= 15 is 0 Å². The van der Waals surface area contributed by atoms with Gasteiger partial charge in [-0.15, -0.1) is 0 Å². The van der Waals surface area contributed by atoms with Gasteiger partial charge in [0.05, 0.1) is 6.04 Å². The molecule has 5 rings (SSSR count). The number of anilines is 1. The highest BCUT2D eigenvalue weighted by atomic mass is 15.3. The fourth-order valence-corrected chi connectivity index (χ4v) is 5.04. The summed E-state index contributed by atoms with van der Waals surface area (Å²) in [5.74, 6) is 0.722. The molecule has 2 aliphatic rings. The van der Waals surface area contributed by atoms with E-state index in [1.165, 1.54) is 66.5 Å². The maximum Gasteiger partial charge on any atom is 0.0515 e. The minimum absolute atomic E-state index is 0.609. The van der Waals surface area contributed by atoms with Gasteiger partial charge >= 0.3 is 0 Å². The van der Waals surface area contributed by atoms with Crippen LogP contribution in [-0.2, 0) is 0 Å². The Hall–Kier alpha value is -2.26. The second-order valence-corrected chi connectivity index (χ2v) is 8.41. The second-order valence-electron chi connectivity index (χ2n) is 8.41. The third-order valence-electron chi connectivity index (χ3n) is 6.69. The summed E-state index contributed by atoms with van der Waals surface area (Å²) in [7, 11) is 0. The number of para-hydroxylation sites is 2. The predicted octanol–water partition coefficient (Wildman–Crippen LogP) is 5.30. The van der Waals surface area contributed by atoms with E-state index < -0.39 is 0 Å². The largest absolute Gasteiger partial charge is 0.380 e. The minimum atomic E-state index is 0.609. The van der Waals surface area contributed by atoms with Gasteiger partial charge in [0.25, 0.3) is 0 Å². The van der Waals surface area contributed by atoms with E-state index in [0.29, 0.717) is 6.04 Å². The lowest BCUT2D eigenvalue weighted by molar-refractivity contribution is 0.0750. The number of nitrogens with one attached hydrogen (secondary N) is 2. The fraction of sp³-hybridized carbons (Fsp3) is 0.417. The zero-order chi connectivity index (χ0) is 18.2. The van der Waals surface area contributed by atoms with Crippen LogP contribution >= 0.6 is 0 Å². The van der Waals surface area contributed by atoms with Crippen LogP contribution in [0.15, 0.2) is 54.7 Å². The molecule has 3 nitrogen and oxygen atoms in total. The Morgan fingerprint density at radius 3 is 2.48 bits per heavy atom. The lowest BCUT2D eigenvalue weighted by Gasteiger charge is -2.47. The van der Waals surface area contributed by atoms with Gasteiger partial charge in [-0.25, -0.2) is 0 Å². The SMILES string of the molecule is Cc1ccccc1NC1CN(C2CCC(c3c[nH]c4ccccc34)CC2)C1. The third kappa shape index (κ3) is 3.25. The van der Waals surface area contributed by atoms with Crippen LogP contribution in [0.1, 0.15) is 42.7 Å². The average molecular weight is 360 g/mol. The minimum Gasteiger partial charge on any atom is -0.380 e. The Morgan fingerprint density at radius 1 is 0.926 bits per heavy atom. The summed E-state index contributed by atoms with van der Waals surface area (Å²) in [6.45, 7) is 4.57. The highest BCUT2D eigenvalue weighted by Crippen LogP contribution is 2.39. The standard InChI is InChI=1S/C24H29N3/c1-17-6-2-4-8-23(17)26-19-15-27(16-19)20-12-10-18(11-13-20)22-14-25-24-9-5-3-7-21(22)24/h2-9,14,18-20,25-26H,10-13,15-16H2,1H3. The van der Waals surface area contributed by atoms with Crippen LogP contribution in [0.25, 0.3) is 10.9 Å². The van der Waals surface area contributed by atoms with E-state index in [2.05, 4.69) is 76.9 Å². The molecule has 1 saturated carbocycles. The van der Waals surface area contributed by atoms with Crippen molar-refractivity contribution in [1.82, 2.24) is 9.88 Å². The Bertz CT molecular complexity index is 914. The van der Waals surface area contributed by atoms with Crippen LogP contribution in [0.3, 0.4) is 0 Å². The van der Waals surface area contributed by atoms with Crippen molar-refractivity contribution in [3.63, 3.8) is 0 Å². The van der Waals surface area contributed by atoms with Gasteiger partial charge in [-0.05, 0) is 61.8 Å². The Balaban J connectivity index is 1.15. The summed E-state index contributed by atoms with van der Waals surface area (Å²) < 4.78 is 0. The normalized spacial score (nSPS) is 24.0. The van der Waals surface area contributed by atoms with Gasteiger partial charge in [0.15, 0.2) is 0 Å². The first kappa shape index (κ1) is 16.9. The zero-order valence-electron chi connectivity index (χ0n) is 16.1. The lowest BCUT2D eigenvalue weighted by Crippen LogP contribution is -2.59. The fourth-order valence-electron chi connectivity index (χ4n) is 5.04. The molecule has 0 radical (unpaired) electrons. The first-order chi connectivity index (χ1) is 13.3. The van der Waals surface area contributed by atoms with E-state index in [1.807, 2.05) is 0 Å². The van der Waals surface area contributed by atoms with Crippen molar-refractivity contribution in [2.75, 3.05) is 18.4 Å². The summed E-state index contributed by atoms with van der Waals surface area (Å²) in [6, 6.07) is 18.7. The monoisotopic (exact) mass is 359 g/mol. The van der Waals surface area contributed by atoms with Gasteiger partial charge in [0, 0.05) is 41.9 Å². The molecule has 27 heavy (non-hydrogen) atoms. The summed E-state index contributed by atoms with van der Waals surface area (Å²) in [5, 5.41) is 5.14. The number of benzene rings is 2. The van der Waals surface area contributed by atoms with Gasteiger partial charge < -0.3 is 10.3 Å². The lowest BCUT2D eigenvalue weighted by atomic mass is 9.80. The molecule has 1 aromatic heterocycles. The van der Waals surface area contributed by atoms with E-state index in [9.17, 15) is 0 Å². The van der Waals surface area contributed by atoms with E-state index in [1.54, 1.807) is 0 Å². The smallest absolute Gasteiger partial charge is 0.0515 e. The summed E-state index contributed by atoms with van der Waals surface area (Å²) in [6.07, 6.45) is 7.56. The van der Waals surface area contributed by atoms with Crippen molar-refractivity contribution in [1.29, 1.82) is 0 Å². The number of fused-ring (bicyclic) bond motifs is 1. The molecule has 1 saturated heterocycles. The molecule has 2 heterocycles. The summed E-state index contributed by atoms with van der Waals surface area (Å²) >= 11 is 0. The zero-order valence-corrected chi connectivity index (χ0v) is 16.1. The van der Waals surface area contributed by atoms with Crippen molar-refractivity contribution in [2.45, 2.75) is 50.6 Å². The maximum atomic E-state index is 3.72. The molecule has 3 heteroatoms. The van der Waals surface area contributed by atoms with Gasteiger partial charge in [0.1, 0.15) is 0 Å².